The molecule has 0 aromatic heterocycles. The van der Waals surface area contributed by atoms with E-state index in [1.54, 1.807) is 0 Å². The lowest BCUT2D eigenvalue weighted by atomic mass is 10.1. The van der Waals surface area contributed by atoms with E-state index in [1.807, 2.05) is 30.3 Å². The molecule has 0 spiro atoms. The molecule has 0 aliphatic carbocycles. The normalized spacial score (nSPS) is 10.3. The van der Waals surface area contributed by atoms with E-state index in [-0.39, 0.29) is 11.7 Å². The van der Waals surface area contributed by atoms with E-state index >= 15 is 0 Å². The summed E-state index contributed by atoms with van der Waals surface area (Å²) in [6, 6.07) is 23.5. The zero-order valence-corrected chi connectivity index (χ0v) is 14.4. The van der Waals surface area contributed by atoms with Gasteiger partial charge in [0.05, 0.1) is 0 Å². The second-order valence-electron chi connectivity index (χ2n) is 6.05. The molecule has 0 aliphatic heterocycles. The van der Waals surface area contributed by atoms with Gasteiger partial charge in [-0.3, -0.25) is 4.79 Å². The maximum absolute atomic E-state index is 12.9. The Labute approximate surface area is 152 Å². The van der Waals surface area contributed by atoms with Crippen LogP contribution in [0, 0.1) is 5.82 Å². The van der Waals surface area contributed by atoms with E-state index in [4.69, 9.17) is 0 Å². The quantitative estimate of drug-likeness (QED) is 0.582. The molecule has 3 nitrogen and oxygen atoms in total. The van der Waals surface area contributed by atoms with Crippen LogP contribution in [0.15, 0.2) is 78.9 Å². The molecule has 0 saturated heterocycles. The lowest BCUT2D eigenvalue weighted by molar-refractivity contribution is 0.102. The summed E-state index contributed by atoms with van der Waals surface area (Å²) in [5.74, 6) is -0.613. The maximum atomic E-state index is 12.9. The van der Waals surface area contributed by atoms with Crippen molar-refractivity contribution >= 4 is 17.3 Å². The smallest absolute Gasteiger partial charge is 0.255 e. The molecular formula is C22H21FN2O. The average molecular weight is 348 g/mol. The van der Waals surface area contributed by atoms with Crippen molar-refractivity contribution in [3.63, 3.8) is 0 Å². The molecule has 132 valence electrons. The Kier molecular flexibility index (Phi) is 5.99. The van der Waals surface area contributed by atoms with Crippen LogP contribution in [0.4, 0.5) is 15.8 Å². The van der Waals surface area contributed by atoms with E-state index in [9.17, 15) is 9.18 Å². The number of hydrogen-bond donors (Lipinski definition) is 2. The fraction of sp³-hybridized carbons (Fsp3) is 0.136. The van der Waals surface area contributed by atoms with E-state index < -0.39 is 0 Å². The number of rotatable bonds is 7. The minimum absolute atomic E-state index is 0.256. The van der Waals surface area contributed by atoms with Crippen molar-refractivity contribution in [3.05, 3.63) is 95.8 Å². The molecule has 0 atom stereocenters. The van der Waals surface area contributed by atoms with Crippen molar-refractivity contribution in [1.29, 1.82) is 0 Å². The number of carbonyl (C=O) groups is 1. The number of aryl methyl sites for hydroxylation is 1. The topological polar surface area (TPSA) is 41.1 Å². The molecule has 26 heavy (non-hydrogen) atoms. The Balaban J connectivity index is 1.45. The van der Waals surface area contributed by atoms with Gasteiger partial charge >= 0.3 is 0 Å². The summed E-state index contributed by atoms with van der Waals surface area (Å²) in [5.41, 5.74) is 3.48. The van der Waals surface area contributed by atoms with Gasteiger partial charge in [-0.25, -0.2) is 4.39 Å². The van der Waals surface area contributed by atoms with Gasteiger partial charge in [-0.2, -0.15) is 0 Å². The Morgan fingerprint density at radius 2 is 1.46 bits per heavy atom. The van der Waals surface area contributed by atoms with Crippen molar-refractivity contribution in [2.24, 2.45) is 0 Å². The molecule has 3 aromatic carbocycles. The van der Waals surface area contributed by atoms with Gasteiger partial charge in [-0.1, -0.05) is 30.3 Å². The van der Waals surface area contributed by atoms with Crippen LogP contribution in [0.25, 0.3) is 0 Å². The second kappa shape index (κ2) is 8.81. The molecule has 2 N–H and O–H groups in total. The third-order valence-corrected chi connectivity index (χ3v) is 4.06. The summed E-state index contributed by atoms with van der Waals surface area (Å²) in [7, 11) is 0. The number of halogens is 1. The highest BCUT2D eigenvalue weighted by Gasteiger charge is 2.06. The molecule has 4 heteroatoms. The molecule has 0 fully saturated rings. The average Bonchev–Trinajstić information content (AvgIpc) is 2.68. The summed E-state index contributed by atoms with van der Waals surface area (Å²) in [6.45, 7) is 0.885. The molecule has 1 amide bonds. The summed E-state index contributed by atoms with van der Waals surface area (Å²) < 4.78 is 12.9. The minimum Gasteiger partial charge on any atom is -0.385 e. The van der Waals surface area contributed by atoms with Crippen LogP contribution in [0.2, 0.25) is 0 Å². The third-order valence-electron chi connectivity index (χ3n) is 4.06. The maximum Gasteiger partial charge on any atom is 0.255 e. The predicted molar refractivity (Wildman–Crippen MR) is 104 cm³/mol. The Morgan fingerprint density at radius 1 is 0.808 bits per heavy atom. The number of carbonyl (C=O) groups excluding carboxylic acids is 1. The van der Waals surface area contributed by atoms with E-state index in [0.717, 1.165) is 25.1 Å². The van der Waals surface area contributed by atoms with Gasteiger partial charge in [0, 0.05) is 23.5 Å². The number of amides is 1. The Hall–Kier alpha value is -3.14. The summed E-state index contributed by atoms with van der Waals surface area (Å²) in [5, 5.41) is 6.18. The first-order valence-corrected chi connectivity index (χ1v) is 8.65. The van der Waals surface area contributed by atoms with Crippen LogP contribution in [0.3, 0.4) is 0 Å². The Bertz CT molecular complexity index is 830. The highest BCUT2D eigenvalue weighted by atomic mass is 19.1. The van der Waals surface area contributed by atoms with Crippen molar-refractivity contribution < 1.29 is 9.18 Å². The van der Waals surface area contributed by atoms with Crippen LogP contribution in [-0.4, -0.2) is 12.5 Å². The lowest BCUT2D eigenvalue weighted by Gasteiger charge is -2.09. The summed E-state index contributed by atoms with van der Waals surface area (Å²) in [6.07, 6.45) is 2.09. The van der Waals surface area contributed by atoms with E-state index in [0.29, 0.717) is 11.3 Å². The predicted octanol–water partition coefficient (Wildman–Crippen LogP) is 5.12. The summed E-state index contributed by atoms with van der Waals surface area (Å²) in [4.78, 5) is 12.1. The van der Waals surface area contributed by atoms with Gasteiger partial charge in [0.15, 0.2) is 0 Å². The highest BCUT2D eigenvalue weighted by Crippen LogP contribution is 2.15. The van der Waals surface area contributed by atoms with Crippen LogP contribution in [0.1, 0.15) is 22.3 Å². The highest BCUT2D eigenvalue weighted by molar-refractivity contribution is 6.04. The number of nitrogens with one attached hydrogen (secondary N) is 2. The standard InChI is InChI=1S/C22H21FN2O/c23-19-10-8-18(9-11-19)22(26)25-21-14-12-20(13-15-21)24-16-4-7-17-5-2-1-3-6-17/h1-3,5-6,8-15,24H,4,7,16H2,(H,25,26). The third kappa shape index (κ3) is 5.18. The fourth-order valence-electron chi connectivity index (χ4n) is 2.65. The van der Waals surface area contributed by atoms with Gasteiger partial charge in [-0.05, 0) is 66.9 Å². The van der Waals surface area contributed by atoms with Crippen molar-refractivity contribution in [1.82, 2.24) is 0 Å². The van der Waals surface area contributed by atoms with Gasteiger partial charge in [-0.15, -0.1) is 0 Å². The minimum atomic E-state index is -0.357. The first-order valence-electron chi connectivity index (χ1n) is 8.65. The van der Waals surface area contributed by atoms with Gasteiger partial charge in [0.1, 0.15) is 5.82 Å². The van der Waals surface area contributed by atoms with E-state index in [2.05, 4.69) is 34.9 Å². The number of anilines is 2. The second-order valence-corrected chi connectivity index (χ2v) is 6.05. The largest absolute Gasteiger partial charge is 0.385 e. The molecule has 0 heterocycles. The number of hydrogen-bond acceptors (Lipinski definition) is 2. The van der Waals surface area contributed by atoms with Crippen molar-refractivity contribution in [2.75, 3.05) is 17.2 Å². The first kappa shape index (κ1) is 17.7. The molecule has 3 rings (SSSR count). The first-order chi connectivity index (χ1) is 12.7. The molecule has 0 unspecified atom stereocenters. The van der Waals surface area contributed by atoms with Crippen molar-refractivity contribution in [2.45, 2.75) is 12.8 Å². The zero-order chi connectivity index (χ0) is 18.2. The van der Waals surface area contributed by atoms with Crippen LogP contribution < -0.4 is 10.6 Å². The summed E-state index contributed by atoms with van der Waals surface area (Å²) >= 11 is 0. The van der Waals surface area contributed by atoms with Gasteiger partial charge in [0.2, 0.25) is 0 Å². The molecule has 0 radical (unpaired) electrons. The van der Waals surface area contributed by atoms with E-state index in [1.165, 1.54) is 29.8 Å². The Morgan fingerprint density at radius 3 is 2.15 bits per heavy atom. The molecule has 0 bridgehead atoms. The monoisotopic (exact) mass is 348 g/mol. The number of benzene rings is 3. The van der Waals surface area contributed by atoms with Gasteiger partial charge < -0.3 is 10.6 Å². The van der Waals surface area contributed by atoms with Crippen LogP contribution >= 0.6 is 0 Å². The molecule has 0 aliphatic rings. The zero-order valence-electron chi connectivity index (χ0n) is 14.4. The SMILES string of the molecule is O=C(Nc1ccc(NCCCc2ccccc2)cc1)c1ccc(F)cc1. The van der Waals surface area contributed by atoms with Gasteiger partial charge in [0.25, 0.3) is 5.91 Å². The van der Waals surface area contributed by atoms with Crippen LogP contribution in [0.5, 0.6) is 0 Å². The van der Waals surface area contributed by atoms with Crippen molar-refractivity contribution in [3.8, 4) is 0 Å². The lowest BCUT2D eigenvalue weighted by Crippen LogP contribution is -2.11. The van der Waals surface area contributed by atoms with Crippen LogP contribution in [-0.2, 0) is 6.42 Å². The molecular weight excluding hydrogens is 327 g/mol. The fourth-order valence-corrected chi connectivity index (χ4v) is 2.65. The molecule has 0 saturated carbocycles. The molecule has 3 aromatic rings.